The van der Waals surface area contributed by atoms with E-state index < -0.39 is 0 Å². The molecular formula is C18H17N3O2. The molecule has 0 fully saturated rings. The van der Waals surface area contributed by atoms with Crippen LogP contribution in [0.4, 0.5) is 5.69 Å². The average Bonchev–Trinajstić information content (AvgIpc) is 2.61. The normalized spacial score (nSPS) is 10.3. The van der Waals surface area contributed by atoms with E-state index >= 15 is 0 Å². The van der Waals surface area contributed by atoms with Crippen LogP contribution >= 0.6 is 0 Å². The van der Waals surface area contributed by atoms with Gasteiger partial charge in [-0.25, -0.2) is 4.98 Å². The summed E-state index contributed by atoms with van der Waals surface area (Å²) in [4.78, 5) is 8.28. The molecule has 2 aromatic heterocycles. The van der Waals surface area contributed by atoms with Crippen molar-refractivity contribution >= 4 is 5.69 Å². The van der Waals surface area contributed by atoms with Gasteiger partial charge in [0.05, 0.1) is 12.3 Å². The van der Waals surface area contributed by atoms with Crippen LogP contribution in [0.1, 0.15) is 11.3 Å². The first-order valence-corrected chi connectivity index (χ1v) is 7.31. The van der Waals surface area contributed by atoms with Gasteiger partial charge in [-0.2, -0.15) is 0 Å². The third kappa shape index (κ3) is 4.28. The number of hydrogen-bond acceptors (Lipinski definition) is 5. The lowest BCUT2D eigenvalue weighted by Crippen LogP contribution is -2.01. The van der Waals surface area contributed by atoms with E-state index in [1.807, 2.05) is 54.6 Å². The van der Waals surface area contributed by atoms with Crippen LogP contribution in [0.15, 0.2) is 67.0 Å². The summed E-state index contributed by atoms with van der Waals surface area (Å²) in [5.74, 6) is 1.31. The van der Waals surface area contributed by atoms with E-state index in [1.54, 1.807) is 12.4 Å². The second-order valence-electron chi connectivity index (χ2n) is 4.96. The van der Waals surface area contributed by atoms with E-state index in [0.717, 1.165) is 17.0 Å². The average molecular weight is 307 g/mol. The molecule has 0 unspecified atom stereocenters. The van der Waals surface area contributed by atoms with Crippen LogP contribution in [0.25, 0.3) is 0 Å². The van der Waals surface area contributed by atoms with Crippen molar-refractivity contribution in [3.05, 3.63) is 78.2 Å². The molecule has 5 heteroatoms. The molecule has 3 rings (SSSR count). The molecule has 0 bridgehead atoms. The second-order valence-corrected chi connectivity index (χ2v) is 4.96. The van der Waals surface area contributed by atoms with Gasteiger partial charge in [0.2, 0.25) is 5.88 Å². The molecule has 0 aliphatic heterocycles. The zero-order chi connectivity index (χ0) is 15.9. The Morgan fingerprint density at radius 1 is 0.957 bits per heavy atom. The fourth-order valence-electron chi connectivity index (χ4n) is 2.10. The Bertz CT molecular complexity index is 763. The predicted molar refractivity (Wildman–Crippen MR) is 88.2 cm³/mol. The standard InChI is InChI=1S/C18H17N3O2/c22-13-16-11-15(7-9-19-16)21-12-14-6-8-20-18(10-14)23-17-4-2-1-3-5-17/h1-11,22H,12-13H2,(H,19,21). The molecule has 0 spiro atoms. The van der Waals surface area contributed by atoms with Crippen molar-refractivity contribution in [1.82, 2.24) is 9.97 Å². The number of para-hydroxylation sites is 1. The topological polar surface area (TPSA) is 67.3 Å². The van der Waals surface area contributed by atoms with Crippen molar-refractivity contribution in [2.24, 2.45) is 0 Å². The summed E-state index contributed by atoms with van der Waals surface area (Å²) in [6, 6.07) is 17.1. The van der Waals surface area contributed by atoms with Crippen molar-refractivity contribution in [2.45, 2.75) is 13.2 Å². The Hall–Kier alpha value is -2.92. The minimum Gasteiger partial charge on any atom is -0.439 e. The smallest absolute Gasteiger partial charge is 0.219 e. The lowest BCUT2D eigenvalue weighted by molar-refractivity contribution is 0.277. The number of nitrogens with one attached hydrogen (secondary N) is 1. The maximum atomic E-state index is 9.11. The van der Waals surface area contributed by atoms with Gasteiger partial charge in [-0.3, -0.25) is 4.98 Å². The minimum absolute atomic E-state index is 0.0696. The van der Waals surface area contributed by atoms with Crippen LogP contribution < -0.4 is 10.1 Å². The van der Waals surface area contributed by atoms with Gasteiger partial charge < -0.3 is 15.2 Å². The number of rotatable bonds is 6. The number of aromatic nitrogens is 2. The van der Waals surface area contributed by atoms with E-state index in [-0.39, 0.29) is 6.61 Å². The molecule has 116 valence electrons. The van der Waals surface area contributed by atoms with Gasteiger partial charge in [-0.1, -0.05) is 18.2 Å². The quantitative estimate of drug-likeness (QED) is 0.731. The molecule has 0 atom stereocenters. The SMILES string of the molecule is OCc1cc(NCc2ccnc(Oc3ccccc3)c2)ccn1. The Balaban J connectivity index is 1.65. The van der Waals surface area contributed by atoms with Crippen molar-refractivity contribution in [1.29, 1.82) is 0 Å². The number of pyridine rings is 2. The van der Waals surface area contributed by atoms with E-state index in [2.05, 4.69) is 15.3 Å². The van der Waals surface area contributed by atoms with Crippen LogP contribution in [0.2, 0.25) is 0 Å². The number of nitrogens with zero attached hydrogens (tertiary/aromatic N) is 2. The number of aliphatic hydroxyl groups excluding tert-OH is 1. The monoisotopic (exact) mass is 307 g/mol. The highest BCUT2D eigenvalue weighted by molar-refractivity contribution is 5.44. The van der Waals surface area contributed by atoms with Gasteiger partial charge >= 0.3 is 0 Å². The Morgan fingerprint density at radius 3 is 2.61 bits per heavy atom. The summed E-state index contributed by atoms with van der Waals surface area (Å²) in [6.07, 6.45) is 3.39. The predicted octanol–water partition coefficient (Wildman–Crippen LogP) is 3.37. The zero-order valence-corrected chi connectivity index (χ0v) is 12.5. The number of ether oxygens (including phenoxy) is 1. The molecule has 2 N–H and O–H groups in total. The highest BCUT2D eigenvalue weighted by Crippen LogP contribution is 2.20. The van der Waals surface area contributed by atoms with Crippen LogP contribution in [-0.2, 0) is 13.2 Å². The fourth-order valence-corrected chi connectivity index (χ4v) is 2.10. The van der Waals surface area contributed by atoms with Crippen LogP contribution in [0.5, 0.6) is 11.6 Å². The number of hydrogen-bond donors (Lipinski definition) is 2. The first-order valence-electron chi connectivity index (χ1n) is 7.31. The van der Waals surface area contributed by atoms with E-state index in [9.17, 15) is 0 Å². The highest BCUT2D eigenvalue weighted by Gasteiger charge is 2.01. The summed E-state index contributed by atoms with van der Waals surface area (Å²) in [7, 11) is 0. The van der Waals surface area contributed by atoms with E-state index in [0.29, 0.717) is 18.1 Å². The van der Waals surface area contributed by atoms with E-state index in [4.69, 9.17) is 9.84 Å². The molecule has 5 nitrogen and oxygen atoms in total. The molecule has 23 heavy (non-hydrogen) atoms. The van der Waals surface area contributed by atoms with Gasteiger partial charge in [0, 0.05) is 30.7 Å². The molecule has 0 aliphatic rings. The first kappa shape index (κ1) is 15.0. The molecule has 0 amide bonds. The van der Waals surface area contributed by atoms with Crippen LogP contribution in [0.3, 0.4) is 0 Å². The maximum Gasteiger partial charge on any atom is 0.219 e. The second kappa shape index (κ2) is 7.38. The molecule has 0 saturated carbocycles. The van der Waals surface area contributed by atoms with Gasteiger partial charge in [-0.05, 0) is 35.9 Å². The summed E-state index contributed by atoms with van der Waals surface area (Å²) >= 11 is 0. The first-order chi connectivity index (χ1) is 11.3. The number of aliphatic hydroxyl groups is 1. The maximum absolute atomic E-state index is 9.11. The summed E-state index contributed by atoms with van der Waals surface area (Å²) in [6.45, 7) is 0.558. The molecule has 0 saturated heterocycles. The van der Waals surface area contributed by atoms with Gasteiger partial charge in [0.15, 0.2) is 0 Å². The summed E-state index contributed by atoms with van der Waals surface area (Å²) < 4.78 is 5.73. The molecule has 3 aromatic rings. The van der Waals surface area contributed by atoms with Gasteiger partial charge in [0.1, 0.15) is 5.75 Å². The minimum atomic E-state index is -0.0696. The lowest BCUT2D eigenvalue weighted by Gasteiger charge is -2.09. The highest BCUT2D eigenvalue weighted by atomic mass is 16.5. The Morgan fingerprint density at radius 2 is 1.78 bits per heavy atom. The summed E-state index contributed by atoms with van der Waals surface area (Å²) in [5.41, 5.74) is 2.59. The van der Waals surface area contributed by atoms with Crippen LogP contribution in [0, 0.1) is 0 Å². The third-order valence-corrected chi connectivity index (χ3v) is 3.24. The van der Waals surface area contributed by atoms with E-state index in [1.165, 1.54) is 0 Å². The number of benzene rings is 1. The van der Waals surface area contributed by atoms with Crippen molar-refractivity contribution in [2.75, 3.05) is 5.32 Å². The number of anilines is 1. The van der Waals surface area contributed by atoms with Crippen LogP contribution in [-0.4, -0.2) is 15.1 Å². The summed E-state index contributed by atoms with van der Waals surface area (Å²) in [5, 5.41) is 12.4. The lowest BCUT2D eigenvalue weighted by atomic mass is 10.2. The molecular weight excluding hydrogens is 290 g/mol. The third-order valence-electron chi connectivity index (χ3n) is 3.24. The largest absolute Gasteiger partial charge is 0.439 e. The van der Waals surface area contributed by atoms with Crippen molar-refractivity contribution in [3.63, 3.8) is 0 Å². The molecule has 1 aromatic carbocycles. The fraction of sp³-hybridized carbons (Fsp3) is 0.111. The van der Waals surface area contributed by atoms with Gasteiger partial charge in [0.25, 0.3) is 0 Å². The van der Waals surface area contributed by atoms with Gasteiger partial charge in [-0.15, -0.1) is 0 Å². The molecule has 0 radical (unpaired) electrons. The Labute approximate surface area is 134 Å². The Kier molecular flexibility index (Phi) is 4.81. The van der Waals surface area contributed by atoms with Crippen molar-refractivity contribution in [3.8, 4) is 11.6 Å². The zero-order valence-electron chi connectivity index (χ0n) is 12.5. The molecule has 2 heterocycles. The van der Waals surface area contributed by atoms with Crippen molar-refractivity contribution < 1.29 is 9.84 Å². The molecule has 0 aliphatic carbocycles.